The van der Waals surface area contributed by atoms with E-state index in [-0.39, 0.29) is 0 Å². The summed E-state index contributed by atoms with van der Waals surface area (Å²) >= 11 is 3.25. The maximum atomic E-state index is 5.23. The number of hydrogen-bond acceptors (Lipinski definition) is 6. The molecule has 0 fully saturated rings. The van der Waals surface area contributed by atoms with Crippen LogP contribution in [0, 0.1) is 6.92 Å². The van der Waals surface area contributed by atoms with E-state index < -0.39 is 0 Å². The van der Waals surface area contributed by atoms with Crippen molar-refractivity contribution >= 4 is 33.5 Å². The van der Waals surface area contributed by atoms with Crippen molar-refractivity contribution in [2.75, 3.05) is 12.4 Å². The Kier molecular flexibility index (Phi) is 5.71. The van der Waals surface area contributed by atoms with Crippen molar-refractivity contribution in [3.63, 3.8) is 0 Å². The Morgan fingerprint density at radius 3 is 1.97 bits per heavy atom. The Balaban J connectivity index is 1.28. The maximum absolute atomic E-state index is 5.23. The number of anilines is 2. The largest absolute Gasteiger partial charge is 0.497 e. The normalized spacial score (nSPS) is 10.8. The predicted molar refractivity (Wildman–Crippen MR) is 135 cm³/mol. The first-order chi connectivity index (χ1) is 15.7. The van der Waals surface area contributed by atoms with E-state index in [4.69, 9.17) is 14.7 Å². The third-order valence-corrected chi connectivity index (χ3v) is 6.77. The molecule has 0 aliphatic carbocycles. The number of nitrogens with one attached hydrogen (secondary N) is 1. The zero-order chi connectivity index (χ0) is 21.9. The minimum absolute atomic E-state index is 0.847. The molecule has 0 amide bonds. The van der Waals surface area contributed by atoms with Gasteiger partial charge in [-0.25, -0.2) is 9.97 Å². The number of thiazole rings is 2. The molecule has 6 heteroatoms. The van der Waals surface area contributed by atoms with Crippen LogP contribution in [0.1, 0.15) is 5.56 Å². The van der Waals surface area contributed by atoms with Crippen molar-refractivity contribution in [1.29, 1.82) is 0 Å². The summed E-state index contributed by atoms with van der Waals surface area (Å²) in [7, 11) is 1.67. The summed E-state index contributed by atoms with van der Waals surface area (Å²) in [6, 6.07) is 24.7. The van der Waals surface area contributed by atoms with Gasteiger partial charge >= 0.3 is 0 Å². The average Bonchev–Trinajstić information content (AvgIpc) is 3.51. The standard InChI is InChI=1S/C26H21N3OS2/c1-17-3-5-18(6-4-17)24-16-32-26(29-24)27-21-11-7-19(8-12-21)23-15-31-25(28-23)20-9-13-22(30-2)14-10-20/h3-16H,1-2H3,(H,27,29). The van der Waals surface area contributed by atoms with Crippen LogP contribution in [0.3, 0.4) is 0 Å². The van der Waals surface area contributed by atoms with Crippen molar-refractivity contribution in [3.8, 4) is 38.8 Å². The summed E-state index contributed by atoms with van der Waals surface area (Å²) in [5.74, 6) is 0.847. The van der Waals surface area contributed by atoms with Gasteiger partial charge in [0.1, 0.15) is 10.8 Å². The molecule has 2 heterocycles. The highest BCUT2D eigenvalue weighted by atomic mass is 32.1. The Bertz CT molecular complexity index is 1320. The lowest BCUT2D eigenvalue weighted by Gasteiger charge is -2.04. The molecule has 0 aliphatic rings. The summed E-state index contributed by atoms with van der Waals surface area (Å²) in [5, 5.41) is 9.45. The fourth-order valence-electron chi connectivity index (χ4n) is 3.31. The van der Waals surface area contributed by atoms with Crippen LogP contribution in [-0.2, 0) is 0 Å². The van der Waals surface area contributed by atoms with E-state index in [2.05, 4.69) is 71.5 Å². The minimum atomic E-state index is 0.847. The number of nitrogens with zero attached hydrogens (tertiary/aromatic N) is 2. The van der Waals surface area contributed by atoms with Crippen LogP contribution in [0.5, 0.6) is 5.75 Å². The highest BCUT2D eigenvalue weighted by Gasteiger charge is 2.08. The van der Waals surface area contributed by atoms with Crippen LogP contribution >= 0.6 is 22.7 Å². The molecule has 0 atom stereocenters. The molecule has 3 aromatic carbocycles. The molecule has 2 aromatic heterocycles. The number of rotatable bonds is 6. The molecule has 0 aliphatic heterocycles. The van der Waals surface area contributed by atoms with E-state index >= 15 is 0 Å². The number of aromatic nitrogens is 2. The predicted octanol–water partition coefficient (Wildman–Crippen LogP) is 7.66. The Hall–Kier alpha value is -3.48. The first-order valence-electron chi connectivity index (χ1n) is 10.2. The van der Waals surface area contributed by atoms with Crippen molar-refractivity contribution < 1.29 is 4.74 Å². The lowest BCUT2D eigenvalue weighted by atomic mass is 10.1. The van der Waals surface area contributed by atoms with Gasteiger partial charge < -0.3 is 10.1 Å². The van der Waals surface area contributed by atoms with Crippen LogP contribution in [0.4, 0.5) is 10.8 Å². The lowest BCUT2D eigenvalue weighted by Crippen LogP contribution is -1.90. The maximum Gasteiger partial charge on any atom is 0.187 e. The van der Waals surface area contributed by atoms with Gasteiger partial charge in [-0.2, -0.15) is 0 Å². The summed E-state index contributed by atoms with van der Waals surface area (Å²) < 4.78 is 5.23. The Labute approximate surface area is 195 Å². The van der Waals surface area contributed by atoms with E-state index in [0.29, 0.717) is 0 Å². The third-order valence-electron chi connectivity index (χ3n) is 5.12. The first kappa shape index (κ1) is 20.4. The molecule has 0 radical (unpaired) electrons. The van der Waals surface area contributed by atoms with E-state index in [1.54, 1.807) is 29.8 Å². The minimum Gasteiger partial charge on any atom is -0.497 e. The smallest absolute Gasteiger partial charge is 0.187 e. The van der Waals surface area contributed by atoms with Crippen molar-refractivity contribution in [1.82, 2.24) is 9.97 Å². The molecular weight excluding hydrogens is 434 g/mol. The first-order valence-corrected chi connectivity index (χ1v) is 11.9. The van der Waals surface area contributed by atoms with Gasteiger partial charge in [-0.3, -0.25) is 0 Å². The molecule has 0 unspecified atom stereocenters. The van der Waals surface area contributed by atoms with Crippen molar-refractivity contribution in [2.24, 2.45) is 0 Å². The van der Waals surface area contributed by atoms with Crippen LogP contribution in [-0.4, -0.2) is 17.1 Å². The average molecular weight is 456 g/mol. The van der Waals surface area contributed by atoms with Crippen LogP contribution < -0.4 is 10.1 Å². The Morgan fingerprint density at radius 1 is 0.688 bits per heavy atom. The summed E-state index contributed by atoms with van der Waals surface area (Å²) in [6.45, 7) is 2.09. The molecule has 5 aromatic rings. The molecule has 4 nitrogen and oxygen atoms in total. The molecule has 5 rings (SSSR count). The second-order valence-corrected chi connectivity index (χ2v) is 9.09. The third kappa shape index (κ3) is 4.42. The van der Waals surface area contributed by atoms with E-state index in [1.165, 1.54) is 5.56 Å². The molecule has 0 saturated heterocycles. The number of hydrogen-bond donors (Lipinski definition) is 1. The highest BCUT2D eigenvalue weighted by molar-refractivity contribution is 7.14. The van der Waals surface area contributed by atoms with Gasteiger partial charge in [0, 0.05) is 33.1 Å². The van der Waals surface area contributed by atoms with Crippen LogP contribution in [0.15, 0.2) is 83.6 Å². The van der Waals surface area contributed by atoms with Crippen molar-refractivity contribution in [2.45, 2.75) is 6.92 Å². The molecule has 0 saturated carbocycles. The monoisotopic (exact) mass is 455 g/mol. The molecular formula is C26H21N3OS2. The van der Waals surface area contributed by atoms with E-state index in [9.17, 15) is 0 Å². The fourth-order valence-corrected chi connectivity index (χ4v) is 4.88. The van der Waals surface area contributed by atoms with Crippen LogP contribution in [0.2, 0.25) is 0 Å². The van der Waals surface area contributed by atoms with Gasteiger partial charge in [-0.1, -0.05) is 42.0 Å². The number of ether oxygens (including phenoxy) is 1. The fraction of sp³-hybridized carbons (Fsp3) is 0.0769. The molecule has 32 heavy (non-hydrogen) atoms. The molecule has 0 bridgehead atoms. The number of benzene rings is 3. The SMILES string of the molecule is COc1ccc(-c2nc(-c3ccc(Nc4nc(-c5ccc(C)cc5)cs4)cc3)cs2)cc1. The molecule has 1 N–H and O–H groups in total. The second-order valence-electron chi connectivity index (χ2n) is 7.37. The van der Waals surface area contributed by atoms with E-state index in [1.807, 2.05) is 24.3 Å². The number of aryl methyl sites for hydroxylation is 1. The molecule has 158 valence electrons. The summed E-state index contributed by atoms with van der Waals surface area (Å²) in [4.78, 5) is 9.53. The topological polar surface area (TPSA) is 47.0 Å². The second kappa shape index (κ2) is 8.94. The Morgan fingerprint density at radius 2 is 1.28 bits per heavy atom. The van der Waals surface area contributed by atoms with Gasteiger partial charge in [0.25, 0.3) is 0 Å². The van der Waals surface area contributed by atoms with Gasteiger partial charge in [-0.05, 0) is 43.3 Å². The van der Waals surface area contributed by atoms with Crippen LogP contribution in [0.25, 0.3) is 33.1 Å². The van der Waals surface area contributed by atoms with Gasteiger partial charge in [0.05, 0.1) is 18.5 Å². The zero-order valence-corrected chi connectivity index (χ0v) is 19.3. The number of methoxy groups -OCH3 is 1. The molecule has 0 spiro atoms. The lowest BCUT2D eigenvalue weighted by molar-refractivity contribution is 0.415. The van der Waals surface area contributed by atoms with Gasteiger partial charge in [-0.15, -0.1) is 22.7 Å². The van der Waals surface area contributed by atoms with Gasteiger partial charge in [0.15, 0.2) is 5.13 Å². The van der Waals surface area contributed by atoms with Gasteiger partial charge in [0.2, 0.25) is 0 Å². The highest BCUT2D eigenvalue weighted by Crippen LogP contribution is 2.31. The van der Waals surface area contributed by atoms with E-state index in [0.717, 1.165) is 49.7 Å². The quantitative estimate of drug-likeness (QED) is 0.285. The van der Waals surface area contributed by atoms with Crippen molar-refractivity contribution in [3.05, 3.63) is 89.1 Å². The summed E-state index contributed by atoms with van der Waals surface area (Å²) in [6.07, 6.45) is 0. The zero-order valence-electron chi connectivity index (χ0n) is 17.7. The summed E-state index contributed by atoms with van der Waals surface area (Å²) in [5.41, 5.74) is 7.53.